The Labute approximate surface area is 116 Å². The number of nitrogens with one attached hydrogen (secondary N) is 1. The SMILES string of the molecule is C#CCNCC(=O)N(Cc1ccccc1)C(C)CC. The standard InChI is InChI=1S/C16H22N2O/c1-4-11-17-12-16(19)18(14(3)5-2)13-15-9-7-6-8-10-15/h1,6-10,14,17H,5,11-13H2,2-3H3. The van der Waals surface area contributed by atoms with Crippen LogP contribution in [-0.2, 0) is 11.3 Å². The van der Waals surface area contributed by atoms with Crippen LogP contribution in [-0.4, -0.2) is 29.9 Å². The first-order chi connectivity index (χ1) is 9.19. The van der Waals surface area contributed by atoms with Gasteiger partial charge in [0.15, 0.2) is 0 Å². The van der Waals surface area contributed by atoms with Crippen LogP contribution in [0.2, 0.25) is 0 Å². The number of benzene rings is 1. The lowest BCUT2D eigenvalue weighted by molar-refractivity contribution is -0.132. The Bertz CT molecular complexity index is 422. The van der Waals surface area contributed by atoms with Crippen LogP contribution in [0.15, 0.2) is 30.3 Å². The first-order valence-corrected chi connectivity index (χ1v) is 6.66. The third-order valence-corrected chi connectivity index (χ3v) is 3.14. The predicted molar refractivity (Wildman–Crippen MR) is 78.4 cm³/mol. The third kappa shape index (κ3) is 5.15. The maximum atomic E-state index is 12.2. The zero-order valence-electron chi connectivity index (χ0n) is 11.7. The number of terminal acetylenes is 1. The predicted octanol–water partition coefficient (Wildman–Crippen LogP) is 2.04. The molecule has 3 nitrogen and oxygen atoms in total. The summed E-state index contributed by atoms with van der Waals surface area (Å²) in [7, 11) is 0. The molecule has 19 heavy (non-hydrogen) atoms. The fourth-order valence-electron chi connectivity index (χ4n) is 1.83. The number of nitrogens with zero attached hydrogens (tertiary/aromatic N) is 1. The summed E-state index contributed by atoms with van der Waals surface area (Å²) in [4.78, 5) is 14.1. The molecule has 1 unspecified atom stereocenters. The number of amides is 1. The molecule has 3 heteroatoms. The molecule has 0 aliphatic carbocycles. The van der Waals surface area contributed by atoms with E-state index in [1.807, 2.05) is 35.2 Å². The zero-order valence-corrected chi connectivity index (χ0v) is 11.7. The number of carbonyl (C=O) groups is 1. The summed E-state index contributed by atoms with van der Waals surface area (Å²) in [6.45, 7) is 5.52. The van der Waals surface area contributed by atoms with Crippen LogP contribution < -0.4 is 5.32 Å². The molecule has 0 spiro atoms. The van der Waals surface area contributed by atoms with Gasteiger partial charge in [0.25, 0.3) is 0 Å². The molecule has 0 aliphatic rings. The highest BCUT2D eigenvalue weighted by Crippen LogP contribution is 2.10. The van der Waals surface area contributed by atoms with Gasteiger partial charge in [0.1, 0.15) is 0 Å². The molecule has 0 saturated carbocycles. The molecule has 102 valence electrons. The lowest BCUT2D eigenvalue weighted by atomic mass is 10.1. The minimum atomic E-state index is 0.0912. The Morgan fingerprint density at radius 1 is 1.42 bits per heavy atom. The Kier molecular flexibility index (Phi) is 6.70. The first kappa shape index (κ1) is 15.3. The van der Waals surface area contributed by atoms with Crippen molar-refractivity contribution in [2.75, 3.05) is 13.1 Å². The molecule has 0 radical (unpaired) electrons. The fraction of sp³-hybridized carbons (Fsp3) is 0.438. The molecule has 1 atom stereocenters. The van der Waals surface area contributed by atoms with Gasteiger partial charge in [-0.1, -0.05) is 43.2 Å². The Hall–Kier alpha value is -1.79. The van der Waals surface area contributed by atoms with Gasteiger partial charge in [0.05, 0.1) is 13.1 Å². The van der Waals surface area contributed by atoms with E-state index in [1.165, 1.54) is 0 Å². The summed E-state index contributed by atoms with van der Waals surface area (Å²) in [6.07, 6.45) is 6.10. The van der Waals surface area contributed by atoms with Crippen LogP contribution in [0.3, 0.4) is 0 Å². The van der Waals surface area contributed by atoms with E-state index >= 15 is 0 Å². The van der Waals surface area contributed by atoms with Crippen molar-refractivity contribution in [3.8, 4) is 12.3 Å². The summed E-state index contributed by atoms with van der Waals surface area (Å²) in [5, 5.41) is 2.95. The van der Waals surface area contributed by atoms with Crippen LogP contribution in [0.4, 0.5) is 0 Å². The molecule has 1 rings (SSSR count). The van der Waals surface area contributed by atoms with Gasteiger partial charge in [0.2, 0.25) is 5.91 Å². The number of hydrogen-bond acceptors (Lipinski definition) is 2. The monoisotopic (exact) mass is 258 g/mol. The first-order valence-electron chi connectivity index (χ1n) is 6.66. The highest BCUT2D eigenvalue weighted by atomic mass is 16.2. The van der Waals surface area contributed by atoms with E-state index in [9.17, 15) is 4.79 Å². The van der Waals surface area contributed by atoms with Crippen LogP contribution in [0.1, 0.15) is 25.8 Å². The van der Waals surface area contributed by atoms with Crippen molar-refractivity contribution in [1.29, 1.82) is 0 Å². The van der Waals surface area contributed by atoms with Crippen molar-refractivity contribution in [3.05, 3.63) is 35.9 Å². The molecular formula is C16H22N2O. The van der Waals surface area contributed by atoms with Gasteiger partial charge in [-0.25, -0.2) is 0 Å². The van der Waals surface area contributed by atoms with Crippen molar-refractivity contribution >= 4 is 5.91 Å². The minimum Gasteiger partial charge on any atom is -0.335 e. The van der Waals surface area contributed by atoms with E-state index in [4.69, 9.17) is 6.42 Å². The fourth-order valence-corrected chi connectivity index (χ4v) is 1.83. The molecule has 1 N–H and O–H groups in total. The van der Waals surface area contributed by atoms with Gasteiger partial charge in [-0.3, -0.25) is 10.1 Å². The maximum absolute atomic E-state index is 12.2. The molecule has 0 aromatic heterocycles. The van der Waals surface area contributed by atoms with E-state index in [2.05, 4.69) is 25.1 Å². The van der Waals surface area contributed by atoms with E-state index in [-0.39, 0.29) is 11.9 Å². The van der Waals surface area contributed by atoms with E-state index in [0.29, 0.717) is 19.6 Å². The highest BCUT2D eigenvalue weighted by Gasteiger charge is 2.18. The third-order valence-electron chi connectivity index (χ3n) is 3.14. The quantitative estimate of drug-likeness (QED) is 0.599. The molecule has 0 aliphatic heterocycles. The summed E-state index contributed by atoms with van der Waals surface area (Å²) in [5.41, 5.74) is 1.15. The van der Waals surface area contributed by atoms with E-state index in [0.717, 1.165) is 12.0 Å². The van der Waals surface area contributed by atoms with Crippen molar-refractivity contribution in [2.45, 2.75) is 32.9 Å². The van der Waals surface area contributed by atoms with Gasteiger partial charge in [-0.15, -0.1) is 6.42 Å². The average Bonchev–Trinajstić information content (AvgIpc) is 2.45. The zero-order chi connectivity index (χ0) is 14.1. The van der Waals surface area contributed by atoms with Gasteiger partial charge < -0.3 is 4.90 Å². The minimum absolute atomic E-state index is 0.0912. The normalized spacial score (nSPS) is 11.6. The topological polar surface area (TPSA) is 32.3 Å². The van der Waals surface area contributed by atoms with Crippen molar-refractivity contribution in [3.63, 3.8) is 0 Å². The molecule has 0 heterocycles. The van der Waals surface area contributed by atoms with E-state index < -0.39 is 0 Å². The Morgan fingerprint density at radius 2 is 2.11 bits per heavy atom. The summed E-state index contributed by atoms with van der Waals surface area (Å²) < 4.78 is 0. The Balaban J connectivity index is 2.67. The average molecular weight is 258 g/mol. The van der Waals surface area contributed by atoms with Gasteiger partial charge in [-0.2, -0.15) is 0 Å². The van der Waals surface area contributed by atoms with Crippen molar-refractivity contribution < 1.29 is 4.79 Å². The summed E-state index contributed by atoms with van der Waals surface area (Å²) in [5.74, 6) is 2.56. The van der Waals surface area contributed by atoms with E-state index in [1.54, 1.807) is 0 Å². The summed E-state index contributed by atoms with van der Waals surface area (Å²) >= 11 is 0. The number of rotatable bonds is 7. The van der Waals surface area contributed by atoms with Crippen LogP contribution >= 0.6 is 0 Å². The Morgan fingerprint density at radius 3 is 2.68 bits per heavy atom. The largest absolute Gasteiger partial charge is 0.335 e. The second-order valence-corrected chi connectivity index (χ2v) is 4.57. The molecule has 0 bridgehead atoms. The molecular weight excluding hydrogens is 236 g/mol. The lowest BCUT2D eigenvalue weighted by Gasteiger charge is -2.29. The second kappa shape index (κ2) is 8.34. The highest BCUT2D eigenvalue weighted by molar-refractivity contribution is 5.78. The molecule has 0 fully saturated rings. The maximum Gasteiger partial charge on any atom is 0.237 e. The van der Waals surface area contributed by atoms with Crippen LogP contribution in [0.5, 0.6) is 0 Å². The lowest BCUT2D eigenvalue weighted by Crippen LogP contribution is -2.42. The molecule has 1 aromatic carbocycles. The molecule has 1 aromatic rings. The summed E-state index contributed by atoms with van der Waals surface area (Å²) in [6, 6.07) is 10.3. The van der Waals surface area contributed by atoms with Gasteiger partial charge >= 0.3 is 0 Å². The number of hydrogen-bond donors (Lipinski definition) is 1. The van der Waals surface area contributed by atoms with Gasteiger partial charge in [-0.05, 0) is 18.9 Å². The van der Waals surface area contributed by atoms with Crippen molar-refractivity contribution in [2.24, 2.45) is 0 Å². The molecule has 1 amide bonds. The van der Waals surface area contributed by atoms with Crippen molar-refractivity contribution in [1.82, 2.24) is 10.2 Å². The number of carbonyl (C=O) groups excluding carboxylic acids is 1. The smallest absolute Gasteiger partial charge is 0.237 e. The van der Waals surface area contributed by atoms with Crippen LogP contribution in [0, 0.1) is 12.3 Å². The van der Waals surface area contributed by atoms with Crippen LogP contribution in [0.25, 0.3) is 0 Å². The van der Waals surface area contributed by atoms with Gasteiger partial charge in [0, 0.05) is 12.6 Å². The molecule has 0 saturated heterocycles. The second-order valence-electron chi connectivity index (χ2n) is 4.57.